The van der Waals surface area contributed by atoms with Gasteiger partial charge in [0.25, 0.3) is 5.91 Å². The van der Waals surface area contributed by atoms with Gasteiger partial charge in [0.05, 0.1) is 0 Å². The monoisotopic (exact) mass is 431 g/mol. The summed E-state index contributed by atoms with van der Waals surface area (Å²) >= 11 is 0. The van der Waals surface area contributed by atoms with E-state index in [1.165, 1.54) is 0 Å². The Balaban J connectivity index is 1.24. The standard InChI is InChI=1S/C26H29N3O3/c1-18(25(30)28-13-5-6-14-28)19-11-15-29(16-12-19)26(31)21-9-10-23-22(17-21)27-24(32-23)20-7-3-2-4-8-20/h2-4,7-10,17-19H,5-6,11-16H2,1H3. The van der Waals surface area contributed by atoms with Crippen LogP contribution in [0.3, 0.4) is 0 Å². The number of fused-ring (bicyclic) bond motifs is 1. The van der Waals surface area contributed by atoms with Crippen LogP contribution in [0.1, 0.15) is 43.0 Å². The highest BCUT2D eigenvalue weighted by Crippen LogP contribution is 2.29. The van der Waals surface area contributed by atoms with E-state index in [0.29, 0.717) is 41.6 Å². The van der Waals surface area contributed by atoms with Crippen molar-refractivity contribution in [1.82, 2.24) is 14.8 Å². The first-order valence-electron chi connectivity index (χ1n) is 11.6. The van der Waals surface area contributed by atoms with Crippen molar-refractivity contribution < 1.29 is 14.0 Å². The average molecular weight is 432 g/mol. The Labute approximate surface area is 188 Å². The Hall–Kier alpha value is -3.15. The van der Waals surface area contributed by atoms with Crippen molar-refractivity contribution in [3.63, 3.8) is 0 Å². The SMILES string of the molecule is CC(C(=O)N1CCCC1)C1CCN(C(=O)c2ccc3oc(-c4ccccc4)nc3c2)CC1. The molecule has 2 aromatic carbocycles. The van der Waals surface area contributed by atoms with Crippen LogP contribution in [0.15, 0.2) is 52.9 Å². The number of amides is 2. The molecule has 2 amide bonds. The van der Waals surface area contributed by atoms with Crippen molar-refractivity contribution in [2.75, 3.05) is 26.2 Å². The van der Waals surface area contributed by atoms with Crippen LogP contribution in [0.5, 0.6) is 0 Å². The quantitative estimate of drug-likeness (QED) is 0.605. The van der Waals surface area contributed by atoms with E-state index < -0.39 is 0 Å². The maximum atomic E-state index is 13.1. The second kappa shape index (κ2) is 8.77. The largest absolute Gasteiger partial charge is 0.436 e. The molecular weight excluding hydrogens is 402 g/mol. The van der Waals surface area contributed by atoms with Gasteiger partial charge in [-0.3, -0.25) is 9.59 Å². The molecule has 32 heavy (non-hydrogen) atoms. The molecule has 166 valence electrons. The lowest BCUT2D eigenvalue weighted by atomic mass is 9.84. The first kappa shape index (κ1) is 20.7. The number of likely N-dealkylation sites (tertiary alicyclic amines) is 2. The van der Waals surface area contributed by atoms with E-state index in [1.807, 2.05) is 58.3 Å². The average Bonchev–Trinajstić information content (AvgIpc) is 3.53. The molecule has 3 aromatic rings. The van der Waals surface area contributed by atoms with Crippen LogP contribution < -0.4 is 0 Å². The third-order valence-electron chi connectivity index (χ3n) is 7.00. The highest BCUT2D eigenvalue weighted by Gasteiger charge is 2.33. The number of nitrogens with zero attached hydrogens (tertiary/aromatic N) is 3. The van der Waals surface area contributed by atoms with E-state index >= 15 is 0 Å². The molecule has 1 unspecified atom stereocenters. The molecule has 1 atom stereocenters. The van der Waals surface area contributed by atoms with E-state index in [2.05, 4.69) is 11.9 Å². The van der Waals surface area contributed by atoms with Crippen LogP contribution in [0.2, 0.25) is 0 Å². The predicted octanol–water partition coefficient (Wildman–Crippen LogP) is 4.61. The van der Waals surface area contributed by atoms with Crippen molar-refractivity contribution in [3.8, 4) is 11.5 Å². The highest BCUT2D eigenvalue weighted by atomic mass is 16.3. The number of carbonyl (C=O) groups is 2. The lowest BCUT2D eigenvalue weighted by Crippen LogP contribution is -2.43. The van der Waals surface area contributed by atoms with Gasteiger partial charge in [-0.05, 0) is 61.9 Å². The van der Waals surface area contributed by atoms with E-state index in [1.54, 1.807) is 0 Å². The molecule has 0 saturated carbocycles. The summed E-state index contributed by atoms with van der Waals surface area (Å²) in [5, 5.41) is 0. The van der Waals surface area contributed by atoms with Crippen LogP contribution in [0.25, 0.3) is 22.6 Å². The van der Waals surface area contributed by atoms with Gasteiger partial charge >= 0.3 is 0 Å². The summed E-state index contributed by atoms with van der Waals surface area (Å²) in [4.78, 5) is 34.4. The van der Waals surface area contributed by atoms with Crippen molar-refractivity contribution in [3.05, 3.63) is 54.1 Å². The van der Waals surface area contributed by atoms with Gasteiger partial charge in [0.15, 0.2) is 5.58 Å². The summed E-state index contributed by atoms with van der Waals surface area (Å²) in [6.45, 7) is 5.24. The van der Waals surface area contributed by atoms with Crippen LogP contribution in [-0.4, -0.2) is 52.8 Å². The molecule has 2 aliphatic heterocycles. The fourth-order valence-corrected chi connectivity index (χ4v) is 4.98. The lowest BCUT2D eigenvalue weighted by Gasteiger charge is -2.35. The minimum Gasteiger partial charge on any atom is -0.436 e. The second-order valence-corrected chi connectivity index (χ2v) is 9.02. The summed E-state index contributed by atoms with van der Waals surface area (Å²) < 4.78 is 5.87. The maximum Gasteiger partial charge on any atom is 0.253 e. The fourth-order valence-electron chi connectivity index (χ4n) is 4.98. The minimum atomic E-state index is 0.0214. The molecule has 2 fully saturated rings. The Morgan fingerprint density at radius 1 is 0.969 bits per heavy atom. The molecule has 5 rings (SSSR count). The number of oxazole rings is 1. The molecule has 2 saturated heterocycles. The molecule has 6 heteroatoms. The van der Waals surface area contributed by atoms with Gasteiger partial charge < -0.3 is 14.2 Å². The Bertz CT molecular complexity index is 1110. The van der Waals surface area contributed by atoms with Gasteiger partial charge in [-0.15, -0.1) is 0 Å². The number of carbonyl (C=O) groups excluding carboxylic acids is 2. The zero-order chi connectivity index (χ0) is 22.1. The van der Waals surface area contributed by atoms with Gasteiger partial charge in [-0.25, -0.2) is 4.98 Å². The van der Waals surface area contributed by atoms with E-state index in [0.717, 1.165) is 44.3 Å². The van der Waals surface area contributed by atoms with E-state index in [4.69, 9.17) is 4.42 Å². The number of hydrogen-bond acceptors (Lipinski definition) is 4. The Kier molecular flexibility index (Phi) is 5.68. The molecule has 0 radical (unpaired) electrons. The zero-order valence-electron chi connectivity index (χ0n) is 18.5. The maximum absolute atomic E-state index is 13.1. The molecule has 6 nitrogen and oxygen atoms in total. The summed E-state index contributed by atoms with van der Waals surface area (Å²) in [5.41, 5.74) is 2.91. The summed E-state index contributed by atoms with van der Waals surface area (Å²) in [7, 11) is 0. The van der Waals surface area contributed by atoms with Gasteiger partial charge in [0.1, 0.15) is 5.52 Å². The molecule has 0 N–H and O–H groups in total. The topological polar surface area (TPSA) is 66.7 Å². The first-order chi connectivity index (χ1) is 15.6. The van der Waals surface area contributed by atoms with Gasteiger partial charge in [-0.1, -0.05) is 25.1 Å². The van der Waals surface area contributed by atoms with E-state index in [-0.39, 0.29) is 17.7 Å². The van der Waals surface area contributed by atoms with Crippen molar-refractivity contribution in [1.29, 1.82) is 0 Å². The molecule has 0 aliphatic carbocycles. The number of rotatable bonds is 4. The second-order valence-electron chi connectivity index (χ2n) is 9.02. The van der Waals surface area contributed by atoms with Crippen LogP contribution in [0, 0.1) is 11.8 Å². The summed E-state index contributed by atoms with van der Waals surface area (Å²) in [6.07, 6.45) is 3.98. The Morgan fingerprint density at radius 2 is 1.69 bits per heavy atom. The molecule has 3 heterocycles. The molecule has 1 aromatic heterocycles. The zero-order valence-corrected chi connectivity index (χ0v) is 18.5. The van der Waals surface area contributed by atoms with E-state index in [9.17, 15) is 9.59 Å². The smallest absolute Gasteiger partial charge is 0.253 e. The number of aromatic nitrogens is 1. The van der Waals surface area contributed by atoms with Crippen LogP contribution >= 0.6 is 0 Å². The fraction of sp³-hybridized carbons (Fsp3) is 0.423. The molecule has 0 bridgehead atoms. The summed E-state index contributed by atoms with van der Waals surface area (Å²) in [6, 6.07) is 15.2. The highest BCUT2D eigenvalue weighted by molar-refractivity contribution is 5.97. The van der Waals surface area contributed by atoms with Gasteiger partial charge in [0.2, 0.25) is 11.8 Å². The van der Waals surface area contributed by atoms with Crippen molar-refractivity contribution >= 4 is 22.9 Å². The molecule has 0 spiro atoms. The first-order valence-corrected chi connectivity index (χ1v) is 11.6. The van der Waals surface area contributed by atoms with Crippen molar-refractivity contribution in [2.24, 2.45) is 11.8 Å². The third kappa shape index (κ3) is 4.01. The third-order valence-corrected chi connectivity index (χ3v) is 7.00. The lowest BCUT2D eigenvalue weighted by molar-refractivity contribution is -0.136. The number of hydrogen-bond donors (Lipinski definition) is 0. The Morgan fingerprint density at radius 3 is 2.41 bits per heavy atom. The molecular formula is C26H29N3O3. The minimum absolute atomic E-state index is 0.0214. The summed E-state index contributed by atoms with van der Waals surface area (Å²) in [5.74, 6) is 1.25. The van der Waals surface area contributed by atoms with Gasteiger partial charge in [-0.2, -0.15) is 0 Å². The van der Waals surface area contributed by atoms with Crippen LogP contribution in [-0.2, 0) is 4.79 Å². The molecule has 2 aliphatic rings. The predicted molar refractivity (Wildman–Crippen MR) is 123 cm³/mol. The normalized spacial score (nSPS) is 18.3. The van der Waals surface area contributed by atoms with Crippen molar-refractivity contribution in [2.45, 2.75) is 32.6 Å². The number of piperidine rings is 1. The van der Waals surface area contributed by atoms with Crippen LogP contribution in [0.4, 0.5) is 0 Å². The van der Waals surface area contributed by atoms with Gasteiger partial charge in [0, 0.05) is 43.2 Å². The number of benzene rings is 2.